The molecule has 0 bridgehead atoms. The SMILES string of the molecule is CCCCOC(=O)C(C)OC.CCCOC(=O)C(C)OC. The monoisotopic (exact) mass is 306 g/mol. The van der Waals surface area contributed by atoms with E-state index in [1.54, 1.807) is 13.8 Å². The van der Waals surface area contributed by atoms with Crippen LogP contribution in [0.25, 0.3) is 0 Å². The summed E-state index contributed by atoms with van der Waals surface area (Å²) in [6.07, 6.45) is 1.93. The minimum atomic E-state index is -0.438. The summed E-state index contributed by atoms with van der Waals surface area (Å²) < 4.78 is 19.2. The van der Waals surface area contributed by atoms with Gasteiger partial charge < -0.3 is 18.9 Å². The quantitative estimate of drug-likeness (QED) is 0.481. The number of hydrogen-bond acceptors (Lipinski definition) is 6. The van der Waals surface area contributed by atoms with Gasteiger partial charge in [0.05, 0.1) is 13.2 Å². The maximum Gasteiger partial charge on any atom is 0.334 e. The van der Waals surface area contributed by atoms with Crippen LogP contribution in [0.15, 0.2) is 0 Å². The number of ether oxygens (including phenoxy) is 4. The van der Waals surface area contributed by atoms with E-state index < -0.39 is 12.2 Å². The molecule has 6 heteroatoms. The lowest BCUT2D eigenvalue weighted by molar-refractivity contribution is -0.155. The van der Waals surface area contributed by atoms with Gasteiger partial charge in [-0.3, -0.25) is 0 Å². The zero-order valence-corrected chi connectivity index (χ0v) is 14.1. The summed E-state index contributed by atoms with van der Waals surface area (Å²) >= 11 is 0. The number of rotatable bonds is 9. The largest absolute Gasteiger partial charge is 0.464 e. The van der Waals surface area contributed by atoms with Crippen LogP contribution in [0.3, 0.4) is 0 Å². The van der Waals surface area contributed by atoms with Crippen LogP contribution < -0.4 is 0 Å². The molecule has 0 amide bonds. The summed E-state index contributed by atoms with van der Waals surface area (Å²) in [5, 5.41) is 0. The Bertz CT molecular complexity index is 267. The second kappa shape index (κ2) is 15.3. The van der Waals surface area contributed by atoms with E-state index in [1.165, 1.54) is 14.2 Å². The van der Waals surface area contributed by atoms with E-state index in [2.05, 4.69) is 0 Å². The molecule has 0 spiro atoms. The first kappa shape index (κ1) is 22.1. The van der Waals surface area contributed by atoms with Crippen LogP contribution in [0.1, 0.15) is 47.0 Å². The number of hydrogen-bond donors (Lipinski definition) is 0. The molecule has 0 aliphatic rings. The Balaban J connectivity index is 0. The molecule has 0 aliphatic heterocycles. The van der Waals surface area contributed by atoms with Gasteiger partial charge in [0.1, 0.15) is 0 Å². The first-order valence-corrected chi connectivity index (χ1v) is 7.33. The van der Waals surface area contributed by atoms with Crippen LogP contribution in [0.4, 0.5) is 0 Å². The number of carbonyl (C=O) groups excluding carboxylic acids is 2. The van der Waals surface area contributed by atoms with Crippen LogP contribution in [0.5, 0.6) is 0 Å². The summed E-state index contributed by atoms with van der Waals surface area (Å²) in [6.45, 7) is 8.32. The van der Waals surface area contributed by atoms with Gasteiger partial charge in [0.2, 0.25) is 0 Å². The van der Waals surface area contributed by atoms with Crippen molar-refractivity contribution in [1.82, 2.24) is 0 Å². The van der Waals surface area contributed by atoms with Crippen molar-refractivity contribution in [2.75, 3.05) is 27.4 Å². The van der Waals surface area contributed by atoms with Crippen molar-refractivity contribution in [3.63, 3.8) is 0 Å². The van der Waals surface area contributed by atoms with Gasteiger partial charge in [-0.05, 0) is 26.7 Å². The molecular weight excluding hydrogens is 276 g/mol. The van der Waals surface area contributed by atoms with E-state index in [9.17, 15) is 9.59 Å². The van der Waals surface area contributed by atoms with Crippen LogP contribution >= 0.6 is 0 Å². The second-order valence-corrected chi connectivity index (χ2v) is 4.44. The lowest BCUT2D eigenvalue weighted by Crippen LogP contribution is -2.22. The van der Waals surface area contributed by atoms with Crippen LogP contribution in [0.2, 0.25) is 0 Å². The fourth-order valence-corrected chi connectivity index (χ4v) is 0.947. The zero-order valence-electron chi connectivity index (χ0n) is 14.1. The highest BCUT2D eigenvalue weighted by Gasteiger charge is 2.12. The highest BCUT2D eigenvalue weighted by molar-refractivity contribution is 5.74. The van der Waals surface area contributed by atoms with Crippen LogP contribution in [0, 0.1) is 0 Å². The van der Waals surface area contributed by atoms with E-state index in [0.717, 1.165) is 19.3 Å². The summed E-state index contributed by atoms with van der Waals surface area (Å²) in [7, 11) is 2.98. The van der Waals surface area contributed by atoms with E-state index >= 15 is 0 Å². The average molecular weight is 306 g/mol. The maximum absolute atomic E-state index is 10.9. The first-order chi connectivity index (χ1) is 9.94. The van der Waals surface area contributed by atoms with Gasteiger partial charge in [0, 0.05) is 14.2 Å². The summed E-state index contributed by atoms with van der Waals surface area (Å²) in [4.78, 5) is 21.7. The molecule has 0 aliphatic carbocycles. The molecule has 0 aromatic rings. The van der Waals surface area contributed by atoms with Crippen LogP contribution in [-0.4, -0.2) is 51.6 Å². The minimum absolute atomic E-state index is 0.277. The van der Waals surface area contributed by atoms with Gasteiger partial charge in [-0.1, -0.05) is 20.3 Å². The molecule has 0 aromatic carbocycles. The van der Waals surface area contributed by atoms with Crippen molar-refractivity contribution in [2.24, 2.45) is 0 Å². The van der Waals surface area contributed by atoms with Gasteiger partial charge in [-0.2, -0.15) is 0 Å². The smallest absolute Gasteiger partial charge is 0.334 e. The lowest BCUT2D eigenvalue weighted by atomic mass is 10.3. The van der Waals surface area contributed by atoms with Gasteiger partial charge in [-0.25, -0.2) is 9.59 Å². The molecular formula is C15H30O6. The topological polar surface area (TPSA) is 71.1 Å². The predicted molar refractivity (Wildman–Crippen MR) is 80.1 cm³/mol. The number of esters is 2. The molecule has 0 rings (SSSR count). The highest BCUT2D eigenvalue weighted by atomic mass is 16.6. The third kappa shape index (κ3) is 13.6. The fourth-order valence-electron chi connectivity index (χ4n) is 0.947. The average Bonchev–Trinajstić information content (AvgIpc) is 2.51. The molecule has 0 radical (unpaired) electrons. The normalized spacial score (nSPS) is 12.7. The zero-order chi connectivity index (χ0) is 16.7. The molecule has 0 saturated heterocycles. The Hall–Kier alpha value is -1.14. The fraction of sp³-hybridized carbons (Fsp3) is 0.867. The molecule has 0 saturated carbocycles. The molecule has 0 heterocycles. The molecule has 0 fully saturated rings. The molecule has 0 N–H and O–H groups in total. The predicted octanol–water partition coefficient (Wildman–Crippen LogP) is 2.34. The summed E-state index contributed by atoms with van der Waals surface area (Å²) in [5.74, 6) is -0.565. The minimum Gasteiger partial charge on any atom is -0.464 e. The molecule has 2 unspecified atom stereocenters. The Kier molecular flexibility index (Phi) is 16.1. The van der Waals surface area contributed by atoms with Crippen molar-refractivity contribution >= 4 is 11.9 Å². The second-order valence-electron chi connectivity index (χ2n) is 4.44. The van der Waals surface area contributed by atoms with E-state index in [4.69, 9.17) is 18.9 Å². The maximum atomic E-state index is 10.9. The summed E-state index contributed by atoms with van der Waals surface area (Å²) in [5.41, 5.74) is 0. The van der Waals surface area contributed by atoms with Crippen LogP contribution in [-0.2, 0) is 28.5 Å². The van der Waals surface area contributed by atoms with Gasteiger partial charge in [0.15, 0.2) is 12.2 Å². The van der Waals surface area contributed by atoms with Gasteiger partial charge in [-0.15, -0.1) is 0 Å². The Morgan fingerprint density at radius 1 is 0.810 bits per heavy atom. The number of methoxy groups -OCH3 is 2. The van der Waals surface area contributed by atoms with Crippen molar-refractivity contribution in [2.45, 2.75) is 59.2 Å². The Morgan fingerprint density at radius 3 is 1.57 bits per heavy atom. The Labute approximate surface area is 128 Å². The van der Waals surface area contributed by atoms with E-state index in [1.807, 2.05) is 13.8 Å². The third-order valence-corrected chi connectivity index (χ3v) is 2.56. The lowest BCUT2D eigenvalue weighted by Gasteiger charge is -2.08. The number of carbonyl (C=O) groups is 2. The standard InChI is InChI=1S/C8H16O3.C7H14O3/c1-4-5-6-11-8(9)7(2)10-3;1-4-5-10-7(8)6(2)9-3/h7H,4-6H2,1-3H3;6H,4-5H2,1-3H3. The van der Waals surface area contributed by atoms with Crippen molar-refractivity contribution < 1.29 is 28.5 Å². The molecule has 21 heavy (non-hydrogen) atoms. The molecule has 126 valence electrons. The number of unbranched alkanes of at least 4 members (excludes halogenated alkanes) is 1. The van der Waals surface area contributed by atoms with E-state index in [-0.39, 0.29) is 11.9 Å². The van der Waals surface area contributed by atoms with Crippen molar-refractivity contribution in [3.05, 3.63) is 0 Å². The van der Waals surface area contributed by atoms with Crippen molar-refractivity contribution in [1.29, 1.82) is 0 Å². The van der Waals surface area contributed by atoms with Crippen molar-refractivity contribution in [3.8, 4) is 0 Å². The third-order valence-electron chi connectivity index (χ3n) is 2.56. The highest BCUT2D eigenvalue weighted by Crippen LogP contribution is 1.95. The summed E-state index contributed by atoms with van der Waals surface area (Å²) in [6, 6.07) is 0. The molecule has 6 nitrogen and oxygen atoms in total. The van der Waals surface area contributed by atoms with E-state index in [0.29, 0.717) is 13.2 Å². The molecule has 2 atom stereocenters. The molecule has 0 aromatic heterocycles. The first-order valence-electron chi connectivity index (χ1n) is 7.33. The van der Waals surface area contributed by atoms with Gasteiger partial charge >= 0.3 is 11.9 Å². The van der Waals surface area contributed by atoms with Gasteiger partial charge in [0.25, 0.3) is 0 Å². The Morgan fingerprint density at radius 2 is 1.24 bits per heavy atom.